The van der Waals surface area contributed by atoms with Crippen LogP contribution >= 0.6 is 15.9 Å². The topological polar surface area (TPSA) is 44.1 Å². The van der Waals surface area contributed by atoms with Gasteiger partial charge in [-0.05, 0) is 53.4 Å². The molecule has 0 saturated heterocycles. The van der Waals surface area contributed by atoms with Crippen LogP contribution in [0, 0.1) is 6.92 Å². The van der Waals surface area contributed by atoms with E-state index in [1.54, 1.807) is 10.6 Å². The summed E-state index contributed by atoms with van der Waals surface area (Å²) >= 11 is 3.41. The van der Waals surface area contributed by atoms with E-state index < -0.39 is 0 Å². The Balaban J connectivity index is 2.05. The molecule has 0 radical (unpaired) electrons. The predicted molar refractivity (Wildman–Crippen MR) is 134 cm³/mol. The van der Waals surface area contributed by atoms with Crippen molar-refractivity contribution in [1.82, 2.24) is 9.55 Å². The highest BCUT2D eigenvalue weighted by Gasteiger charge is 2.17. The number of aromatic nitrogens is 2. The second-order valence-electron chi connectivity index (χ2n) is 7.28. The highest BCUT2D eigenvalue weighted by molar-refractivity contribution is 9.10. The second-order valence-corrected chi connectivity index (χ2v) is 8.08. The van der Waals surface area contributed by atoms with Crippen LogP contribution in [0.1, 0.15) is 29.6 Å². The van der Waals surface area contributed by atoms with Crippen LogP contribution in [-0.4, -0.2) is 9.55 Å². The number of allylic oxidation sites excluding steroid dienone is 4. The molecule has 3 rings (SSSR count). The molecular formula is C27H27BrN2O2. The summed E-state index contributed by atoms with van der Waals surface area (Å²) in [5.41, 5.74) is 3.40. The zero-order chi connectivity index (χ0) is 22.9. The molecule has 164 valence electrons. The molecule has 5 heteroatoms. The Morgan fingerprint density at radius 3 is 2.31 bits per heavy atom. The fourth-order valence-corrected chi connectivity index (χ4v) is 3.64. The van der Waals surface area contributed by atoms with Crippen LogP contribution in [0.5, 0.6) is 0 Å². The van der Waals surface area contributed by atoms with E-state index >= 15 is 0 Å². The van der Waals surface area contributed by atoms with Gasteiger partial charge in [-0.3, -0.25) is 9.36 Å². The van der Waals surface area contributed by atoms with Gasteiger partial charge in [0.1, 0.15) is 22.7 Å². The summed E-state index contributed by atoms with van der Waals surface area (Å²) in [6.07, 6.45) is 6.20. The molecule has 0 unspecified atom stereocenters. The number of hydrogen-bond acceptors (Lipinski definition) is 3. The van der Waals surface area contributed by atoms with Crippen molar-refractivity contribution in [2.24, 2.45) is 0 Å². The maximum atomic E-state index is 13.2. The van der Waals surface area contributed by atoms with E-state index in [0.29, 0.717) is 46.9 Å². The Morgan fingerprint density at radius 1 is 1.09 bits per heavy atom. The van der Waals surface area contributed by atoms with Gasteiger partial charge in [-0.2, -0.15) is 0 Å². The van der Waals surface area contributed by atoms with Crippen molar-refractivity contribution >= 4 is 21.5 Å². The van der Waals surface area contributed by atoms with Crippen LogP contribution in [0.4, 0.5) is 0 Å². The summed E-state index contributed by atoms with van der Waals surface area (Å²) in [5.74, 6) is 1.16. The Bertz CT molecular complexity index is 1180. The van der Waals surface area contributed by atoms with E-state index in [4.69, 9.17) is 9.72 Å². The lowest BCUT2D eigenvalue weighted by Gasteiger charge is -2.17. The average Bonchev–Trinajstić information content (AvgIpc) is 2.82. The SMILES string of the molecule is C=C/C(=C(\C=C/C)OCc1ccccc1)c1nc(C)c(Br)c(=O)n1CCc1ccccc1. The van der Waals surface area contributed by atoms with E-state index in [1.165, 1.54) is 0 Å². The van der Waals surface area contributed by atoms with Gasteiger partial charge in [0.05, 0.1) is 11.3 Å². The number of benzene rings is 2. The van der Waals surface area contributed by atoms with Crippen LogP contribution in [-0.2, 0) is 24.3 Å². The standard InChI is InChI=1S/C27H27BrN2O2/c1-4-12-24(32-19-22-15-10-7-11-16-22)23(5-2)26-29-20(3)25(28)27(31)30(26)18-17-21-13-8-6-9-14-21/h4-16H,2,17-19H2,1,3H3/b12-4-,24-23-. The zero-order valence-electron chi connectivity index (χ0n) is 18.4. The number of halogens is 1. The molecular weight excluding hydrogens is 464 g/mol. The molecule has 1 aromatic heterocycles. The minimum Gasteiger partial charge on any atom is -0.488 e. The summed E-state index contributed by atoms with van der Waals surface area (Å²) in [7, 11) is 0. The molecule has 0 saturated carbocycles. The molecule has 0 aliphatic carbocycles. The predicted octanol–water partition coefficient (Wildman–Crippen LogP) is 6.25. The quantitative estimate of drug-likeness (QED) is 0.263. The van der Waals surface area contributed by atoms with Crippen molar-refractivity contribution < 1.29 is 4.74 Å². The first kappa shape index (κ1) is 23.5. The fourth-order valence-electron chi connectivity index (χ4n) is 3.34. The molecule has 0 N–H and O–H groups in total. The van der Waals surface area contributed by atoms with Crippen molar-refractivity contribution in [3.05, 3.63) is 129 Å². The maximum Gasteiger partial charge on any atom is 0.268 e. The number of rotatable bonds is 9. The van der Waals surface area contributed by atoms with Gasteiger partial charge in [0.15, 0.2) is 0 Å². The molecule has 1 heterocycles. The molecule has 4 nitrogen and oxygen atoms in total. The molecule has 0 atom stereocenters. The first-order valence-corrected chi connectivity index (χ1v) is 11.3. The van der Waals surface area contributed by atoms with Crippen molar-refractivity contribution in [2.45, 2.75) is 33.4 Å². The monoisotopic (exact) mass is 490 g/mol. The van der Waals surface area contributed by atoms with Gasteiger partial charge in [0.2, 0.25) is 0 Å². The molecule has 0 aliphatic rings. The Kier molecular flexibility index (Phi) is 8.40. The Hall–Kier alpha value is -3.18. The van der Waals surface area contributed by atoms with Gasteiger partial charge < -0.3 is 4.74 Å². The third-order valence-corrected chi connectivity index (χ3v) is 5.93. The lowest BCUT2D eigenvalue weighted by Crippen LogP contribution is -2.27. The van der Waals surface area contributed by atoms with Gasteiger partial charge >= 0.3 is 0 Å². The van der Waals surface area contributed by atoms with E-state index in [0.717, 1.165) is 11.1 Å². The average molecular weight is 491 g/mol. The van der Waals surface area contributed by atoms with Gasteiger partial charge in [0, 0.05) is 6.54 Å². The summed E-state index contributed by atoms with van der Waals surface area (Å²) in [5, 5.41) is 0. The van der Waals surface area contributed by atoms with Crippen LogP contribution in [0.15, 0.2) is 100 Å². The van der Waals surface area contributed by atoms with Crippen LogP contribution in [0.3, 0.4) is 0 Å². The Labute approximate surface area is 197 Å². The first-order chi connectivity index (χ1) is 15.5. The van der Waals surface area contributed by atoms with E-state index in [9.17, 15) is 4.79 Å². The number of nitrogens with zero attached hydrogens (tertiary/aromatic N) is 2. The van der Waals surface area contributed by atoms with Crippen molar-refractivity contribution in [3.8, 4) is 0 Å². The normalized spacial score (nSPS) is 12.0. The number of ether oxygens (including phenoxy) is 1. The fraction of sp³-hybridized carbons (Fsp3) is 0.185. The first-order valence-electron chi connectivity index (χ1n) is 10.5. The Morgan fingerprint density at radius 2 is 1.72 bits per heavy atom. The highest BCUT2D eigenvalue weighted by atomic mass is 79.9. The molecule has 3 aromatic rings. The molecule has 2 aromatic carbocycles. The summed E-state index contributed by atoms with van der Waals surface area (Å²) in [6, 6.07) is 20.0. The van der Waals surface area contributed by atoms with Gasteiger partial charge in [-0.15, -0.1) is 0 Å². The lowest BCUT2D eigenvalue weighted by atomic mass is 10.1. The third kappa shape index (κ3) is 5.74. The summed E-state index contributed by atoms with van der Waals surface area (Å²) in [4.78, 5) is 17.9. The minimum atomic E-state index is -0.120. The van der Waals surface area contributed by atoms with Crippen LogP contribution in [0.2, 0.25) is 0 Å². The molecule has 0 aliphatic heterocycles. The van der Waals surface area contributed by atoms with Crippen LogP contribution in [0.25, 0.3) is 5.57 Å². The molecule has 0 fully saturated rings. The van der Waals surface area contributed by atoms with Gasteiger partial charge in [-0.25, -0.2) is 4.98 Å². The summed E-state index contributed by atoms with van der Waals surface area (Å²) in [6.45, 7) is 8.63. The summed E-state index contributed by atoms with van der Waals surface area (Å²) < 4.78 is 8.32. The zero-order valence-corrected chi connectivity index (χ0v) is 20.0. The third-order valence-electron chi connectivity index (χ3n) is 5.01. The molecule has 0 amide bonds. The van der Waals surface area contributed by atoms with Crippen molar-refractivity contribution in [1.29, 1.82) is 0 Å². The van der Waals surface area contributed by atoms with E-state index in [-0.39, 0.29) is 5.56 Å². The van der Waals surface area contributed by atoms with Crippen molar-refractivity contribution in [3.63, 3.8) is 0 Å². The molecule has 32 heavy (non-hydrogen) atoms. The van der Waals surface area contributed by atoms with Crippen LogP contribution < -0.4 is 5.56 Å². The largest absolute Gasteiger partial charge is 0.488 e. The van der Waals surface area contributed by atoms with E-state index in [2.05, 4.69) is 34.6 Å². The molecule has 0 spiro atoms. The number of aryl methyl sites for hydroxylation is 2. The minimum absolute atomic E-state index is 0.120. The van der Waals surface area contributed by atoms with Crippen molar-refractivity contribution in [2.75, 3.05) is 0 Å². The maximum absolute atomic E-state index is 13.2. The number of hydrogen-bond donors (Lipinski definition) is 0. The second kappa shape index (κ2) is 11.4. The van der Waals surface area contributed by atoms with Gasteiger partial charge in [-0.1, -0.05) is 79.4 Å². The lowest BCUT2D eigenvalue weighted by molar-refractivity contribution is 0.213. The highest BCUT2D eigenvalue weighted by Crippen LogP contribution is 2.23. The smallest absolute Gasteiger partial charge is 0.268 e. The van der Waals surface area contributed by atoms with Gasteiger partial charge in [0.25, 0.3) is 5.56 Å². The van der Waals surface area contributed by atoms with E-state index in [1.807, 2.05) is 74.5 Å². The molecule has 0 bridgehead atoms.